The van der Waals surface area contributed by atoms with Crippen molar-refractivity contribution in [3.05, 3.63) is 52.7 Å². The molecule has 0 atom stereocenters. The zero-order valence-corrected chi connectivity index (χ0v) is 24.8. The summed E-state index contributed by atoms with van der Waals surface area (Å²) in [7, 11) is 0. The summed E-state index contributed by atoms with van der Waals surface area (Å²) in [6.07, 6.45) is 5.94. The topological polar surface area (TPSA) is 85.6 Å². The van der Waals surface area contributed by atoms with Crippen molar-refractivity contribution in [2.24, 2.45) is 0 Å². The van der Waals surface area contributed by atoms with Gasteiger partial charge < -0.3 is 24.6 Å². The van der Waals surface area contributed by atoms with Gasteiger partial charge in [0.1, 0.15) is 11.5 Å². The van der Waals surface area contributed by atoms with Gasteiger partial charge in [0, 0.05) is 12.6 Å². The molecule has 7 nitrogen and oxygen atoms in total. The molecule has 40 heavy (non-hydrogen) atoms. The van der Waals surface area contributed by atoms with E-state index in [2.05, 4.69) is 67.8 Å². The van der Waals surface area contributed by atoms with Gasteiger partial charge in [-0.05, 0) is 79.9 Å². The van der Waals surface area contributed by atoms with Gasteiger partial charge in [0.25, 0.3) is 5.91 Å². The molecular formula is C33H45N3O4. The number of unbranched alkanes of at least 4 members (excludes halogenated alkanes) is 2. The minimum absolute atomic E-state index is 0.217. The highest BCUT2D eigenvalue weighted by Gasteiger charge is 2.28. The Hall–Kier alpha value is -3.32. The molecule has 0 spiro atoms. The summed E-state index contributed by atoms with van der Waals surface area (Å²) in [5, 5.41) is 10.7. The molecule has 2 N–H and O–H groups in total. The van der Waals surface area contributed by atoms with Crippen LogP contribution in [0.5, 0.6) is 11.5 Å². The van der Waals surface area contributed by atoms with Crippen LogP contribution in [0.2, 0.25) is 0 Å². The Morgan fingerprint density at radius 3 is 2.35 bits per heavy atom. The average molecular weight is 548 g/mol. The van der Waals surface area contributed by atoms with Crippen molar-refractivity contribution < 1.29 is 18.8 Å². The lowest BCUT2D eigenvalue weighted by atomic mass is 9.92. The molecule has 2 heterocycles. The Balaban J connectivity index is 1.90. The Labute approximate surface area is 239 Å². The number of fused-ring (bicyclic) bond motifs is 1. The van der Waals surface area contributed by atoms with E-state index in [-0.39, 0.29) is 17.5 Å². The number of carbonyl (C=O) groups is 1. The molecule has 1 aromatic heterocycles. The number of aromatic nitrogens is 1. The van der Waals surface area contributed by atoms with Crippen molar-refractivity contribution >= 4 is 5.91 Å². The first kappa shape index (κ1) is 29.7. The molecule has 0 bridgehead atoms. The number of nitrogens with one attached hydrogen (secondary N) is 2. The molecule has 0 radical (unpaired) electrons. The molecule has 4 rings (SSSR count). The summed E-state index contributed by atoms with van der Waals surface area (Å²) in [6.45, 7) is 14.2. The van der Waals surface area contributed by atoms with Gasteiger partial charge in [0.05, 0.1) is 24.3 Å². The Bertz CT molecular complexity index is 1280. The highest BCUT2D eigenvalue weighted by Crippen LogP contribution is 2.44. The van der Waals surface area contributed by atoms with Crippen LogP contribution in [0.4, 0.5) is 0 Å². The number of ether oxygens (including phenoxy) is 2. The molecule has 3 aromatic rings. The third-order valence-corrected chi connectivity index (χ3v) is 7.37. The average Bonchev–Trinajstić information content (AvgIpc) is 3.25. The van der Waals surface area contributed by atoms with Gasteiger partial charge in [-0.25, -0.2) is 0 Å². The van der Waals surface area contributed by atoms with Gasteiger partial charge in [0.2, 0.25) is 0 Å². The molecule has 7 heteroatoms. The lowest BCUT2D eigenvalue weighted by Gasteiger charge is -2.19. The Kier molecular flexibility index (Phi) is 10.6. The molecular weight excluding hydrogens is 502 g/mol. The second-order valence-corrected chi connectivity index (χ2v) is 10.8. The van der Waals surface area contributed by atoms with Crippen molar-refractivity contribution in [1.82, 2.24) is 15.8 Å². The molecule has 0 fully saturated rings. The first-order valence-electron chi connectivity index (χ1n) is 15.0. The summed E-state index contributed by atoms with van der Waals surface area (Å²) in [4.78, 5) is 13.2. The van der Waals surface area contributed by atoms with E-state index in [1.807, 2.05) is 13.0 Å². The fraction of sp³-hybridized carbons (Fsp3) is 0.515. The maximum atomic E-state index is 13.2. The van der Waals surface area contributed by atoms with Crippen molar-refractivity contribution in [3.63, 3.8) is 0 Å². The van der Waals surface area contributed by atoms with Gasteiger partial charge in [-0.1, -0.05) is 63.9 Å². The van der Waals surface area contributed by atoms with Gasteiger partial charge in [-0.15, -0.1) is 0 Å². The normalized spacial score (nSPS) is 13.2. The smallest absolute Gasteiger partial charge is 0.274 e. The highest BCUT2D eigenvalue weighted by molar-refractivity contribution is 6.02. The van der Waals surface area contributed by atoms with Crippen LogP contribution in [0.15, 0.2) is 34.9 Å². The standard InChI is InChI=1S/C33H45N3O4/c1-6-9-17-38-28-21-29(39-18-10-7-2)27(20-26(28)22(4)5)32-30(31(36-40-32)33(37)35-8-3)25-12-11-23-13-15-34-16-14-24(23)19-25/h11-12,19-22,34H,6-10,13-18H2,1-5H3,(H,35,37). The van der Waals surface area contributed by atoms with Crippen LogP contribution in [-0.4, -0.2) is 43.9 Å². The zero-order chi connectivity index (χ0) is 28.5. The number of rotatable bonds is 13. The van der Waals surface area contributed by atoms with E-state index < -0.39 is 0 Å². The summed E-state index contributed by atoms with van der Waals surface area (Å²) in [6, 6.07) is 10.6. The van der Waals surface area contributed by atoms with Crippen LogP contribution >= 0.6 is 0 Å². The van der Waals surface area contributed by atoms with Gasteiger partial charge in [0.15, 0.2) is 11.5 Å². The third kappa shape index (κ3) is 6.87. The lowest BCUT2D eigenvalue weighted by molar-refractivity contribution is 0.0947. The number of amides is 1. The van der Waals surface area contributed by atoms with E-state index >= 15 is 0 Å². The minimum atomic E-state index is -0.249. The second-order valence-electron chi connectivity index (χ2n) is 10.8. The Morgan fingerprint density at radius 1 is 0.975 bits per heavy atom. The fourth-order valence-corrected chi connectivity index (χ4v) is 5.07. The van der Waals surface area contributed by atoms with Gasteiger partial charge >= 0.3 is 0 Å². The predicted octanol–water partition coefficient (Wildman–Crippen LogP) is 6.93. The molecule has 216 valence electrons. The van der Waals surface area contributed by atoms with Gasteiger partial charge in [-0.2, -0.15) is 0 Å². The first-order valence-corrected chi connectivity index (χ1v) is 15.0. The second kappa shape index (κ2) is 14.4. The number of hydrogen-bond donors (Lipinski definition) is 2. The number of nitrogens with zero attached hydrogens (tertiary/aromatic N) is 1. The van der Waals surface area contributed by atoms with Crippen molar-refractivity contribution in [2.75, 3.05) is 32.8 Å². The van der Waals surface area contributed by atoms with Crippen LogP contribution in [-0.2, 0) is 12.8 Å². The van der Waals surface area contributed by atoms with Crippen LogP contribution in [0.1, 0.15) is 93.4 Å². The first-order chi connectivity index (χ1) is 19.5. The van der Waals surface area contributed by atoms with Crippen molar-refractivity contribution in [2.45, 2.75) is 79.1 Å². The summed E-state index contributed by atoms with van der Waals surface area (Å²) in [5.74, 6) is 2.03. The van der Waals surface area contributed by atoms with E-state index in [0.717, 1.165) is 74.1 Å². The number of benzene rings is 2. The zero-order valence-electron chi connectivity index (χ0n) is 24.8. The fourth-order valence-electron chi connectivity index (χ4n) is 5.07. The molecule has 1 aliphatic heterocycles. The number of carbonyl (C=O) groups excluding carboxylic acids is 1. The van der Waals surface area contributed by atoms with Crippen LogP contribution in [0, 0.1) is 0 Å². The Morgan fingerprint density at radius 2 is 1.68 bits per heavy atom. The molecule has 0 unspecified atom stereocenters. The van der Waals surface area contributed by atoms with Crippen LogP contribution in [0.25, 0.3) is 22.5 Å². The largest absolute Gasteiger partial charge is 0.493 e. The summed E-state index contributed by atoms with van der Waals surface area (Å²) < 4.78 is 18.6. The van der Waals surface area contributed by atoms with Crippen LogP contribution in [0.3, 0.4) is 0 Å². The van der Waals surface area contributed by atoms with Gasteiger partial charge in [-0.3, -0.25) is 4.79 Å². The monoisotopic (exact) mass is 547 g/mol. The maximum absolute atomic E-state index is 13.2. The third-order valence-electron chi connectivity index (χ3n) is 7.37. The molecule has 0 saturated carbocycles. The molecule has 0 aliphatic carbocycles. The maximum Gasteiger partial charge on any atom is 0.274 e. The summed E-state index contributed by atoms with van der Waals surface area (Å²) in [5.41, 5.74) is 6.40. The molecule has 1 amide bonds. The highest BCUT2D eigenvalue weighted by atomic mass is 16.5. The summed E-state index contributed by atoms with van der Waals surface area (Å²) >= 11 is 0. The van der Waals surface area contributed by atoms with Crippen molar-refractivity contribution in [1.29, 1.82) is 0 Å². The van der Waals surface area contributed by atoms with E-state index in [4.69, 9.17) is 14.0 Å². The molecule has 1 aliphatic rings. The van der Waals surface area contributed by atoms with Crippen LogP contribution < -0.4 is 20.1 Å². The van der Waals surface area contributed by atoms with E-state index in [1.165, 1.54) is 11.1 Å². The number of hydrogen-bond acceptors (Lipinski definition) is 6. The quantitative estimate of drug-likeness (QED) is 0.226. The SMILES string of the molecule is CCCCOc1cc(OCCCC)c(C(C)C)cc1-c1onc(C(=O)NCC)c1-c1ccc2c(c1)CCNCC2. The minimum Gasteiger partial charge on any atom is -0.493 e. The van der Waals surface area contributed by atoms with E-state index in [9.17, 15) is 4.79 Å². The lowest BCUT2D eigenvalue weighted by Crippen LogP contribution is -2.23. The predicted molar refractivity (Wildman–Crippen MR) is 161 cm³/mol. The van der Waals surface area contributed by atoms with E-state index in [0.29, 0.717) is 36.8 Å². The molecule has 2 aromatic carbocycles. The molecule has 0 saturated heterocycles. The van der Waals surface area contributed by atoms with E-state index in [1.54, 1.807) is 0 Å². The van der Waals surface area contributed by atoms with Crippen molar-refractivity contribution in [3.8, 4) is 33.9 Å².